The summed E-state index contributed by atoms with van der Waals surface area (Å²) >= 11 is 0. The molecule has 0 spiro atoms. The fraction of sp³-hybridized carbons (Fsp3) is 0.167. The highest BCUT2D eigenvalue weighted by atomic mass is 19.1. The van der Waals surface area contributed by atoms with Crippen LogP contribution in [0.1, 0.15) is 0 Å². The van der Waals surface area contributed by atoms with E-state index >= 15 is 0 Å². The van der Waals surface area contributed by atoms with Gasteiger partial charge in [-0.05, 0) is 60.7 Å². The zero-order valence-corrected chi connectivity index (χ0v) is 22.0. The normalized spacial score (nSPS) is 12.9. The van der Waals surface area contributed by atoms with Gasteiger partial charge in [0.15, 0.2) is 0 Å². The third kappa shape index (κ3) is 6.36. The van der Waals surface area contributed by atoms with Crippen LogP contribution in [0, 0.1) is 5.82 Å². The average Bonchev–Trinajstić information content (AvgIpc) is 2.98. The number of nitrogens with one attached hydrogen (secondary N) is 3. The summed E-state index contributed by atoms with van der Waals surface area (Å²) in [6.45, 7) is 6.56. The molecule has 0 aliphatic carbocycles. The van der Waals surface area contributed by atoms with Crippen molar-refractivity contribution in [3.05, 3.63) is 91.4 Å². The smallest absolute Gasteiger partial charge is 0.247 e. The molecule has 10 heteroatoms. The molecule has 5 rings (SSSR count). The van der Waals surface area contributed by atoms with Crippen LogP contribution in [0.5, 0.6) is 5.75 Å². The first-order valence-corrected chi connectivity index (χ1v) is 12.7. The Hall–Kier alpha value is -4.96. The molecule has 1 amide bonds. The largest absolute Gasteiger partial charge is 0.495 e. The molecule has 0 saturated carbocycles. The number of anilines is 6. The molecule has 1 aromatic heterocycles. The molecule has 40 heavy (non-hydrogen) atoms. The number of amides is 1. The number of hydrogen-bond donors (Lipinski definition) is 3. The number of hydrogen-bond acceptors (Lipinski definition) is 8. The van der Waals surface area contributed by atoms with Gasteiger partial charge in [0.05, 0.1) is 43.6 Å². The highest BCUT2D eigenvalue weighted by molar-refractivity contribution is 6.00. The standard InChI is InChI=1S/C30H29FN6O3/c1-3-28(38)35-25-16-20(10-11-27(25)39-2)29-26(33-22-7-4-6-21(31)17-22)19-32-30(36-29)34-23-8-5-9-24(18-23)37-12-14-40-15-13-37/h3-11,16-19,33H,1,12-15H2,2H3,(H,35,38)(H,32,34,36). The third-order valence-electron chi connectivity index (χ3n) is 6.29. The maximum atomic E-state index is 13.9. The van der Waals surface area contributed by atoms with Gasteiger partial charge in [0.2, 0.25) is 11.9 Å². The van der Waals surface area contributed by atoms with Gasteiger partial charge in [-0.3, -0.25) is 4.79 Å². The Bertz CT molecular complexity index is 1520. The van der Waals surface area contributed by atoms with Gasteiger partial charge in [-0.2, -0.15) is 0 Å². The van der Waals surface area contributed by atoms with Crippen LogP contribution in [0.25, 0.3) is 11.3 Å². The number of methoxy groups -OCH3 is 1. The second-order valence-electron chi connectivity index (χ2n) is 8.97. The summed E-state index contributed by atoms with van der Waals surface area (Å²) in [5.74, 6) is 0.0980. The van der Waals surface area contributed by atoms with Crippen molar-refractivity contribution in [1.82, 2.24) is 9.97 Å². The molecular weight excluding hydrogens is 511 g/mol. The molecule has 1 saturated heterocycles. The van der Waals surface area contributed by atoms with E-state index < -0.39 is 0 Å². The van der Waals surface area contributed by atoms with E-state index in [4.69, 9.17) is 14.5 Å². The monoisotopic (exact) mass is 540 g/mol. The van der Waals surface area contributed by atoms with E-state index in [1.165, 1.54) is 25.3 Å². The van der Waals surface area contributed by atoms with Gasteiger partial charge in [0.25, 0.3) is 0 Å². The van der Waals surface area contributed by atoms with Crippen LogP contribution in [-0.2, 0) is 9.53 Å². The molecule has 9 nitrogen and oxygen atoms in total. The number of nitrogens with zero attached hydrogens (tertiary/aromatic N) is 3. The lowest BCUT2D eigenvalue weighted by molar-refractivity contribution is -0.111. The first kappa shape index (κ1) is 26.6. The fourth-order valence-corrected chi connectivity index (χ4v) is 4.34. The number of morpholine rings is 1. The van der Waals surface area contributed by atoms with Crippen molar-refractivity contribution in [2.75, 3.05) is 54.3 Å². The van der Waals surface area contributed by atoms with Gasteiger partial charge in [-0.1, -0.05) is 18.7 Å². The number of ether oxygens (including phenoxy) is 2. The molecule has 2 heterocycles. The SMILES string of the molecule is C=CC(=O)Nc1cc(-c2nc(Nc3cccc(N4CCOCC4)c3)ncc2Nc2cccc(F)c2)ccc1OC. The number of carbonyl (C=O) groups is 1. The van der Waals surface area contributed by atoms with Crippen LogP contribution in [-0.4, -0.2) is 49.3 Å². The minimum absolute atomic E-state index is 0.367. The van der Waals surface area contributed by atoms with E-state index in [9.17, 15) is 9.18 Å². The number of rotatable bonds is 9. The van der Waals surface area contributed by atoms with E-state index in [1.807, 2.05) is 24.3 Å². The predicted octanol–water partition coefficient (Wildman–Crippen LogP) is 5.74. The topological polar surface area (TPSA) is 101 Å². The maximum Gasteiger partial charge on any atom is 0.247 e. The molecule has 204 valence electrons. The second-order valence-corrected chi connectivity index (χ2v) is 8.97. The van der Waals surface area contributed by atoms with E-state index in [1.54, 1.807) is 30.5 Å². The van der Waals surface area contributed by atoms with Crippen molar-refractivity contribution in [2.45, 2.75) is 0 Å². The van der Waals surface area contributed by atoms with Gasteiger partial charge in [-0.15, -0.1) is 0 Å². The first-order chi connectivity index (χ1) is 19.5. The molecule has 3 N–H and O–H groups in total. The Balaban J connectivity index is 1.51. The number of aromatic nitrogens is 2. The van der Waals surface area contributed by atoms with Gasteiger partial charge in [0, 0.05) is 35.7 Å². The van der Waals surface area contributed by atoms with Crippen molar-refractivity contribution in [3.63, 3.8) is 0 Å². The fourth-order valence-electron chi connectivity index (χ4n) is 4.34. The Labute approximate surface area is 231 Å². The number of halogens is 1. The molecule has 0 radical (unpaired) electrons. The summed E-state index contributed by atoms with van der Waals surface area (Å²) in [6, 6.07) is 19.5. The Morgan fingerprint density at radius 2 is 1.80 bits per heavy atom. The average molecular weight is 541 g/mol. The molecule has 1 aliphatic heterocycles. The lowest BCUT2D eigenvalue weighted by Crippen LogP contribution is -2.36. The summed E-state index contributed by atoms with van der Waals surface area (Å²) in [4.78, 5) is 23.7. The summed E-state index contributed by atoms with van der Waals surface area (Å²) in [6.07, 6.45) is 2.81. The zero-order chi connectivity index (χ0) is 27.9. The first-order valence-electron chi connectivity index (χ1n) is 12.7. The van der Waals surface area contributed by atoms with E-state index in [-0.39, 0.29) is 11.7 Å². The molecule has 1 aliphatic rings. The highest BCUT2D eigenvalue weighted by Crippen LogP contribution is 2.35. The van der Waals surface area contributed by atoms with E-state index in [0.717, 1.165) is 24.5 Å². The Morgan fingerprint density at radius 1 is 1.02 bits per heavy atom. The van der Waals surface area contributed by atoms with Crippen LogP contribution >= 0.6 is 0 Å². The second kappa shape index (κ2) is 12.3. The van der Waals surface area contributed by atoms with Gasteiger partial charge in [0.1, 0.15) is 11.6 Å². The van der Waals surface area contributed by atoms with E-state index in [2.05, 4.69) is 38.5 Å². The van der Waals surface area contributed by atoms with Gasteiger partial charge in [-0.25, -0.2) is 14.4 Å². The minimum atomic E-state index is -0.376. The molecule has 0 unspecified atom stereocenters. The van der Waals surface area contributed by atoms with Gasteiger partial charge >= 0.3 is 0 Å². The van der Waals surface area contributed by atoms with Crippen molar-refractivity contribution < 1.29 is 18.7 Å². The highest BCUT2D eigenvalue weighted by Gasteiger charge is 2.16. The summed E-state index contributed by atoms with van der Waals surface area (Å²) in [5.41, 5.74) is 4.65. The van der Waals surface area contributed by atoms with Crippen LogP contribution < -0.4 is 25.6 Å². The lowest BCUT2D eigenvalue weighted by atomic mass is 10.1. The Morgan fingerprint density at radius 3 is 2.55 bits per heavy atom. The summed E-state index contributed by atoms with van der Waals surface area (Å²) in [5, 5.41) is 9.27. The van der Waals surface area contributed by atoms with Gasteiger partial charge < -0.3 is 30.3 Å². The van der Waals surface area contributed by atoms with Crippen molar-refractivity contribution >= 4 is 40.3 Å². The van der Waals surface area contributed by atoms with E-state index in [0.29, 0.717) is 53.2 Å². The summed E-state index contributed by atoms with van der Waals surface area (Å²) in [7, 11) is 1.52. The lowest BCUT2D eigenvalue weighted by Gasteiger charge is -2.29. The summed E-state index contributed by atoms with van der Waals surface area (Å²) < 4.78 is 24.8. The molecule has 1 fully saturated rings. The van der Waals surface area contributed by atoms with Crippen LogP contribution in [0.4, 0.5) is 38.8 Å². The van der Waals surface area contributed by atoms with Crippen molar-refractivity contribution in [2.24, 2.45) is 0 Å². The molecule has 0 atom stereocenters. The third-order valence-corrected chi connectivity index (χ3v) is 6.29. The Kier molecular flexibility index (Phi) is 8.17. The molecule has 4 aromatic rings. The number of carbonyl (C=O) groups excluding carboxylic acids is 1. The predicted molar refractivity (Wildman–Crippen MR) is 155 cm³/mol. The van der Waals surface area contributed by atoms with Crippen LogP contribution in [0.15, 0.2) is 85.6 Å². The maximum absolute atomic E-state index is 13.9. The zero-order valence-electron chi connectivity index (χ0n) is 22.0. The molecule has 3 aromatic carbocycles. The van der Waals surface area contributed by atoms with Crippen LogP contribution in [0.3, 0.4) is 0 Å². The van der Waals surface area contributed by atoms with Crippen molar-refractivity contribution in [3.8, 4) is 17.0 Å². The molecular formula is C30H29FN6O3. The van der Waals surface area contributed by atoms with Crippen molar-refractivity contribution in [1.29, 1.82) is 0 Å². The van der Waals surface area contributed by atoms with Crippen LogP contribution in [0.2, 0.25) is 0 Å². The number of benzene rings is 3. The molecule has 0 bridgehead atoms. The quantitative estimate of drug-likeness (QED) is 0.231. The minimum Gasteiger partial charge on any atom is -0.495 e.